The van der Waals surface area contributed by atoms with Gasteiger partial charge in [0, 0.05) is 80.3 Å². The fraction of sp³-hybridized carbons (Fsp3) is 0.436. The summed E-state index contributed by atoms with van der Waals surface area (Å²) in [4.78, 5) is 42.2. The molecule has 7 rings (SSSR count). The lowest BCUT2D eigenvalue weighted by atomic mass is 9.79. The van der Waals surface area contributed by atoms with Crippen LogP contribution in [0.1, 0.15) is 63.0 Å². The summed E-state index contributed by atoms with van der Waals surface area (Å²) in [5.74, 6) is 2.33. The normalized spacial score (nSPS) is 21.8. The molecule has 3 N–H and O–H groups in total. The first-order valence-corrected chi connectivity index (χ1v) is 18.3. The molecule has 3 unspecified atom stereocenters. The van der Waals surface area contributed by atoms with Gasteiger partial charge in [-0.3, -0.25) is 14.8 Å². The Morgan fingerprint density at radius 3 is 2.65 bits per heavy atom. The molecule has 3 atom stereocenters. The van der Waals surface area contributed by atoms with E-state index in [1.165, 1.54) is 0 Å². The summed E-state index contributed by atoms with van der Waals surface area (Å²) >= 11 is 0. The molecule has 2 aliphatic heterocycles. The summed E-state index contributed by atoms with van der Waals surface area (Å²) in [5, 5.41) is 23.7. The van der Waals surface area contributed by atoms with Gasteiger partial charge in [0.25, 0.3) is 5.82 Å². The molecule has 13 heteroatoms. The van der Waals surface area contributed by atoms with Crippen molar-refractivity contribution in [1.82, 2.24) is 35.4 Å². The lowest BCUT2D eigenvalue weighted by molar-refractivity contribution is -0.337. The highest BCUT2D eigenvalue weighted by Crippen LogP contribution is 2.44. The minimum atomic E-state index is -0.182. The number of aromatic nitrogens is 5. The van der Waals surface area contributed by atoms with Gasteiger partial charge in [-0.1, -0.05) is 43.7 Å². The van der Waals surface area contributed by atoms with E-state index < -0.39 is 0 Å². The van der Waals surface area contributed by atoms with Crippen molar-refractivity contribution in [3.05, 3.63) is 78.4 Å². The molecule has 5 heterocycles. The molecular weight excluding hydrogens is 655 g/mol. The van der Waals surface area contributed by atoms with E-state index in [0.29, 0.717) is 55.7 Å². The molecule has 3 aromatic heterocycles. The van der Waals surface area contributed by atoms with Crippen molar-refractivity contribution in [3.8, 4) is 17.2 Å². The van der Waals surface area contributed by atoms with Gasteiger partial charge >= 0.3 is 6.03 Å². The van der Waals surface area contributed by atoms with E-state index in [4.69, 9.17) is 9.97 Å². The van der Waals surface area contributed by atoms with Crippen LogP contribution in [0, 0.1) is 28.6 Å². The molecule has 0 bridgehead atoms. The molecule has 1 saturated carbocycles. The Morgan fingerprint density at radius 2 is 1.94 bits per heavy atom. The van der Waals surface area contributed by atoms with Crippen molar-refractivity contribution < 1.29 is 14.2 Å². The van der Waals surface area contributed by atoms with Crippen LogP contribution in [0.5, 0.6) is 0 Å². The van der Waals surface area contributed by atoms with Crippen molar-refractivity contribution in [1.29, 1.82) is 5.26 Å². The molecule has 52 heavy (non-hydrogen) atoms. The second-order valence-corrected chi connectivity index (χ2v) is 14.3. The largest absolute Gasteiger partial charge is 0.441 e. The third kappa shape index (κ3) is 7.66. The number of nitriles is 1. The molecule has 1 spiro atoms. The number of carbonyl (C=O) groups excluding carboxylic acids is 2. The summed E-state index contributed by atoms with van der Waals surface area (Å²) in [5.41, 5.74) is 4.36. The number of piperidine rings is 1. The Hall–Kier alpha value is -5.64. The highest BCUT2D eigenvalue weighted by atomic mass is 16.2. The number of nitrogens with one attached hydrogen (secondary N) is 3. The van der Waals surface area contributed by atoms with E-state index in [0.717, 1.165) is 67.5 Å². The van der Waals surface area contributed by atoms with Crippen LogP contribution in [0.2, 0.25) is 0 Å². The number of carbonyl (C=O) groups is 2. The number of anilines is 2. The van der Waals surface area contributed by atoms with Crippen molar-refractivity contribution in [2.75, 3.05) is 36.4 Å². The number of hydrogen-bond donors (Lipinski definition) is 3. The molecule has 0 radical (unpaired) electrons. The first kappa shape index (κ1) is 34.8. The monoisotopic (exact) mass is 700 g/mol. The fourth-order valence-electron chi connectivity index (χ4n) is 7.90. The standard InChI is InChI=1S/C39H45N11O2/c1-3-9-31-32(12-7-16-41-37-43-22-29(19-40)36(47-37)49-17-8-15-39(26-49)18-34(51)45-25-39)35(31)50(38(52)44-20-27-10-5-4-6-11-27)33-14-13-28(21-42-33)30-23-46-48(2)24-30/h4-6,10-11,13-14,21-24,31-32H,3,7-9,12,15-18,20,25-26H2,1-2H3,(H2-,41,43,44,45,47,51,52)/p+1/b50-35-. The van der Waals surface area contributed by atoms with E-state index in [1.807, 2.05) is 61.9 Å². The number of aryl methyl sites for hydroxylation is 1. The van der Waals surface area contributed by atoms with E-state index in [9.17, 15) is 14.9 Å². The topological polar surface area (TPSA) is 157 Å². The third-order valence-electron chi connectivity index (χ3n) is 10.5. The third-order valence-corrected chi connectivity index (χ3v) is 10.5. The summed E-state index contributed by atoms with van der Waals surface area (Å²) < 4.78 is 3.55. The minimum absolute atomic E-state index is 0.0931. The zero-order valence-corrected chi connectivity index (χ0v) is 29.9. The Bertz CT molecular complexity index is 1990. The zero-order chi connectivity index (χ0) is 36.1. The zero-order valence-electron chi connectivity index (χ0n) is 29.9. The van der Waals surface area contributed by atoms with E-state index in [-0.39, 0.29) is 29.2 Å². The molecule has 268 valence electrons. The van der Waals surface area contributed by atoms with E-state index >= 15 is 0 Å². The van der Waals surface area contributed by atoms with Gasteiger partial charge in [0.2, 0.25) is 11.9 Å². The van der Waals surface area contributed by atoms with Crippen LogP contribution >= 0.6 is 0 Å². The number of rotatable bonds is 12. The summed E-state index contributed by atoms with van der Waals surface area (Å²) in [6.07, 6.45) is 13.3. The van der Waals surface area contributed by atoms with Crippen molar-refractivity contribution in [2.45, 2.75) is 58.4 Å². The van der Waals surface area contributed by atoms with Gasteiger partial charge in [0.15, 0.2) is 5.82 Å². The second-order valence-electron chi connectivity index (χ2n) is 14.3. The van der Waals surface area contributed by atoms with Gasteiger partial charge in [-0.2, -0.15) is 19.9 Å². The SMILES string of the molecule is CCCC1/C(=[N+](/C(=O)NCc2ccccc2)c2ccc(-c3cnn(C)c3)cn2)C1CCCNc1ncc(C#N)c(N2CCCC3(CNC(=O)C3)C2)n1. The van der Waals surface area contributed by atoms with Crippen LogP contribution in [-0.4, -0.2) is 73.1 Å². The highest BCUT2D eigenvalue weighted by molar-refractivity contribution is 6.03. The number of pyridine rings is 1. The van der Waals surface area contributed by atoms with Gasteiger partial charge in [0.05, 0.1) is 24.7 Å². The molecule has 1 aromatic carbocycles. The Kier molecular flexibility index (Phi) is 10.2. The maximum Gasteiger partial charge on any atom is 0.441 e. The average molecular weight is 701 g/mol. The van der Waals surface area contributed by atoms with Gasteiger partial charge in [-0.15, -0.1) is 4.98 Å². The first-order chi connectivity index (χ1) is 25.4. The molecule has 3 fully saturated rings. The Balaban J connectivity index is 1.06. The summed E-state index contributed by atoms with van der Waals surface area (Å²) in [6, 6.07) is 15.9. The number of benzene rings is 1. The molecule has 3 amide bonds. The molecule has 4 aromatic rings. The summed E-state index contributed by atoms with van der Waals surface area (Å²) in [7, 11) is 1.88. The maximum atomic E-state index is 13.9. The van der Waals surface area contributed by atoms with Crippen LogP contribution in [0.4, 0.5) is 22.4 Å². The smallest absolute Gasteiger partial charge is 0.355 e. The van der Waals surface area contributed by atoms with E-state index in [1.54, 1.807) is 21.7 Å². The van der Waals surface area contributed by atoms with E-state index in [2.05, 4.69) is 43.9 Å². The maximum absolute atomic E-state index is 13.9. The van der Waals surface area contributed by atoms with Crippen molar-refractivity contribution in [3.63, 3.8) is 0 Å². The van der Waals surface area contributed by atoms with Crippen LogP contribution in [0.15, 0.2) is 67.3 Å². The predicted octanol–water partition coefficient (Wildman–Crippen LogP) is 5.18. The first-order valence-electron chi connectivity index (χ1n) is 18.3. The van der Waals surface area contributed by atoms with Crippen LogP contribution in [0.3, 0.4) is 0 Å². The fourth-order valence-corrected chi connectivity index (χ4v) is 7.90. The number of amides is 3. The van der Waals surface area contributed by atoms with Crippen LogP contribution in [-0.2, 0) is 18.4 Å². The van der Waals surface area contributed by atoms with Gasteiger partial charge in [-0.25, -0.2) is 9.78 Å². The summed E-state index contributed by atoms with van der Waals surface area (Å²) in [6.45, 7) is 5.39. The lowest BCUT2D eigenvalue weighted by Gasteiger charge is -2.40. The van der Waals surface area contributed by atoms with Gasteiger partial charge in [-0.05, 0) is 43.7 Å². The minimum Gasteiger partial charge on any atom is -0.355 e. The van der Waals surface area contributed by atoms with Crippen LogP contribution in [0.25, 0.3) is 11.1 Å². The highest BCUT2D eigenvalue weighted by Gasteiger charge is 2.50. The number of hydrogen-bond acceptors (Lipinski definition) is 9. The lowest BCUT2D eigenvalue weighted by Crippen LogP contribution is -2.45. The number of nitrogens with zero attached hydrogens (tertiary/aromatic N) is 8. The number of urea groups is 1. The van der Waals surface area contributed by atoms with Gasteiger partial charge in [0.1, 0.15) is 17.8 Å². The predicted molar refractivity (Wildman–Crippen MR) is 198 cm³/mol. The molecule has 2 saturated heterocycles. The van der Waals surface area contributed by atoms with Crippen molar-refractivity contribution >= 4 is 35.2 Å². The second kappa shape index (κ2) is 15.3. The molecular formula is C39H46N11O2+. The molecule has 3 aliphatic rings. The Morgan fingerprint density at radius 1 is 1.10 bits per heavy atom. The van der Waals surface area contributed by atoms with Crippen molar-refractivity contribution in [2.24, 2.45) is 24.3 Å². The Labute approximate surface area is 304 Å². The van der Waals surface area contributed by atoms with Crippen LogP contribution < -0.4 is 20.9 Å². The quantitative estimate of drug-likeness (QED) is 0.134. The van der Waals surface area contributed by atoms with Gasteiger partial charge < -0.3 is 15.5 Å². The molecule has 13 nitrogen and oxygen atoms in total. The average Bonchev–Trinajstić information content (AvgIpc) is 3.42. The molecule has 1 aliphatic carbocycles.